The number of Topliss-reactive ketones (excluding diaryl/α,β-unsaturated/α-hetero) is 1. The Kier molecular flexibility index (Phi) is 8.33. The highest BCUT2D eigenvalue weighted by molar-refractivity contribution is 6.39. The van der Waals surface area contributed by atoms with E-state index in [4.69, 9.17) is 5.21 Å². The summed E-state index contributed by atoms with van der Waals surface area (Å²) < 4.78 is 0.721. The van der Waals surface area contributed by atoms with Crippen molar-refractivity contribution < 1.29 is 38.5 Å². The Labute approximate surface area is 103 Å². The zero-order chi connectivity index (χ0) is 10.5. The Balaban J connectivity index is 0. The standard InChI is InChI=1S/C9H18N2O2.HI/c1-5-11(4,6-2)7-9(10-13)8(3)12;/h5-7H2,1-4H3;1H. The first-order chi connectivity index (χ1) is 5.99. The molecular formula is C9H19IN2O2. The van der Waals surface area contributed by atoms with Gasteiger partial charge in [-0.05, 0) is 13.8 Å². The number of nitrogens with zero attached hydrogens (tertiary/aromatic N) is 2. The fraction of sp³-hybridized carbons (Fsp3) is 0.778. The molecule has 0 amide bonds. The summed E-state index contributed by atoms with van der Waals surface area (Å²) in [6, 6.07) is 0. The van der Waals surface area contributed by atoms with Crippen molar-refractivity contribution in [3.05, 3.63) is 0 Å². The van der Waals surface area contributed by atoms with Crippen LogP contribution in [-0.2, 0) is 4.79 Å². The SMILES string of the molecule is CC[N+](C)(CC)C/C(=N/O)C(C)=O.[I-]. The van der Waals surface area contributed by atoms with Crippen molar-refractivity contribution in [1.82, 2.24) is 0 Å². The first-order valence-corrected chi connectivity index (χ1v) is 4.54. The highest BCUT2D eigenvalue weighted by Crippen LogP contribution is 2.02. The van der Waals surface area contributed by atoms with E-state index in [2.05, 4.69) is 19.0 Å². The van der Waals surface area contributed by atoms with Crippen LogP contribution in [0.15, 0.2) is 5.16 Å². The summed E-state index contributed by atoms with van der Waals surface area (Å²) in [7, 11) is 2.04. The molecule has 0 saturated heterocycles. The summed E-state index contributed by atoms with van der Waals surface area (Å²) in [5.41, 5.74) is 0.256. The lowest BCUT2D eigenvalue weighted by molar-refractivity contribution is -0.897. The zero-order valence-electron chi connectivity index (χ0n) is 9.25. The van der Waals surface area contributed by atoms with E-state index in [1.165, 1.54) is 6.92 Å². The monoisotopic (exact) mass is 314 g/mol. The highest BCUT2D eigenvalue weighted by atomic mass is 127. The second-order valence-electron chi connectivity index (χ2n) is 3.51. The van der Waals surface area contributed by atoms with Crippen molar-refractivity contribution in [2.45, 2.75) is 20.8 Å². The maximum atomic E-state index is 11.0. The van der Waals surface area contributed by atoms with Gasteiger partial charge in [0, 0.05) is 6.92 Å². The van der Waals surface area contributed by atoms with Crippen molar-refractivity contribution in [2.75, 3.05) is 26.7 Å². The third-order valence-electron chi connectivity index (χ3n) is 2.59. The smallest absolute Gasteiger partial charge is 0.183 e. The summed E-state index contributed by atoms with van der Waals surface area (Å²) >= 11 is 0. The van der Waals surface area contributed by atoms with E-state index in [1.807, 2.05) is 7.05 Å². The molecule has 0 aromatic rings. The van der Waals surface area contributed by atoms with E-state index < -0.39 is 0 Å². The molecule has 0 rings (SSSR count). The number of carbonyl (C=O) groups is 1. The lowest BCUT2D eigenvalue weighted by Gasteiger charge is -2.31. The molecule has 0 aliphatic heterocycles. The topological polar surface area (TPSA) is 49.7 Å². The first kappa shape index (κ1) is 16.3. The summed E-state index contributed by atoms with van der Waals surface area (Å²) in [4.78, 5) is 11.0. The number of ketones is 1. The normalized spacial score (nSPS) is 12.1. The minimum absolute atomic E-state index is 0. The molecule has 0 aromatic heterocycles. The van der Waals surface area contributed by atoms with Crippen molar-refractivity contribution in [3.63, 3.8) is 0 Å². The van der Waals surface area contributed by atoms with Gasteiger partial charge in [-0.15, -0.1) is 0 Å². The van der Waals surface area contributed by atoms with Gasteiger partial charge in [0.15, 0.2) is 11.5 Å². The van der Waals surface area contributed by atoms with E-state index in [1.54, 1.807) is 0 Å². The van der Waals surface area contributed by atoms with E-state index in [0.29, 0.717) is 6.54 Å². The van der Waals surface area contributed by atoms with Gasteiger partial charge in [0.1, 0.15) is 6.54 Å². The molecule has 14 heavy (non-hydrogen) atoms. The molecule has 0 atom stereocenters. The van der Waals surface area contributed by atoms with Crippen LogP contribution in [0.25, 0.3) is 0 Å². The number of oxime groups is 1. The number of quaternary nitrogens is 1. The van der Waals surface area contributed by atoms with Gasteiger partial charge in [-0.2, -0.15) is 0 Å². The number of hydrogen-bond donors (Lipinski definition) is 1. The molecule has 0 heterocycles. The summed E-state index contributed by atoms with van der Waals surface area (Å²) in [5, 5.41) is 11.6. The Morgan fingerprint density at radius 3 is 2.00 bits per heavy atom. The lowest BCUT2D eigenvalue weighted by Crippen LogP contribution is -3.00. The molecule has 0 fully saturated rings. The van der Waals surface area contributed by atoms with Gasteiger partial charge in [-0.3, -0.25) is 4.79 Å². The van der Waals surface area contributed by atoms with Crippen LogP contribution in [0.2, 0.25) is 0 Å². The fourth-order valence-electron chi connectivity index (χ4n) is 1.02. The second-order valence-corrected chi connectivity index (χ2v) is 3.51. The predicted molar refractivity (Wildman–Crippen MR) is 52.0 cm³/mol. The van der Waals surface area contributed by atoms with E-state index in [-0.39, 0.29) is 35.5 Å². The van der Waals surface area contributed by atoms with E-state index in [0.717, 1.165) is 17.6 Å². The number of carbonyl (C=O) groups excluding carboxylic acids is 1. The molecule has 0 saturated carbocycles. The molecule has 4 nitrogen and oxygen atoms in total. The Morgan fingerprint density at radius 1 is 1.36 bits per heavy atom. The van der Waals surface area contributed by atoms with Crippen LogP contribution in [0.1, 0.15) is 20.8 Å². The molecule has 0 aromatic carbocycles. The predicted octanol–water partition coefficient (Wildman–Crippen LogP) is -2.10. The van der Waals surface area contributed by atoms with Gasteiger partial charge in [-0.1, -0.05) is 5.16 Å². The van der Waals surface area contributed by atoms with Crippen LogP contribution >= 0.6 is 0 Å². The minimum atomic E-state index is -0.159. The van der Waals surface area contributed by atoms with Crippen LogP contribution in [0.5, 0.6) is 0 Å². The fourth-order valence-corrected chi connectivity index (χ4v) is 1.02. The van der Waals surface area contributed by atoms with Gasteiger partial charge < -0.3 is 33.7 Å². The van der Waals surface area contributed by atoms with E-state index in [9.17, 15) is 4.79 Å². The quantitative estimate of drug-likeness (QED) is 0.208. The molecule has 0 radical (unpaired) electrons. The highest BCUT2D eigenvalue weighted by Gasteiger charge is 2.22. The summed E-state index contributed by atoms with van der Waals surface area (Å²) in [6.45, 7) is 7.87. The average molecular weight is 314 g/mol. The molecule has 84 valence electrons. The van der Waals surface area contributed by atoms with Crippen LogP contribution in [0.3, 0.4) is 0 Å². The van der Waals surface area contributed by atoms with Crippen LogP contribution in [0.4, 0.5) is 0 Å². The number of halogens is 1. The average Bonchev–Trinajstić information content (AvgIpc) is 2.13. The van der Waals surface area contributed by atoms with Crippen molar-refractivity contribution in [3.8, 4) is 0 Å². The first-order valence-electron chi connectivity index (χ1n) is 4.54. The molecule has 1 N–H and O–H groups in total. The molecular weight excluding hydrogens is 295 g/mol. The maximum Gasteiger partial charge on any atom is 0.183 e. The molecule has 0 aliphatic rings. The Bertz CT molecular complexity index is 213. The van der Waals surface area contributed by atoms with Crippen molar-refractivity contribution in [1.29, 1.82) is 0 Å². The summed E-state index contributed by atoms with van der Waals surface area (Å²) in [5.74, 6) is -0.159. The van der Waals surface area contributed by atoms with Crippen LogP contribution in [0, 0.1) is 0 Å². The van der Waals surface area contributed by atoms with Gasteiger partial charge in [0.25, 0.3) is 0 Å². The van der Waals surface area contributed by atoms with Gasteiger partial charge >= 0.3 is 0 Å². The van der Waals surface area contributed by atoms with Gasteiger partial charge in [0.2, 0.25) is 0 Å². The lowest BCUT2D eigenvalue weighted by atomic mass is 10.2. The number of rotatable bonds is 5. The molecule has 5 heteroatoms. The van der Waals surface area contributed by atoms with E-state index >= 15 is 0 Å². The molecule has 0 spiro atoms. The zero-order valence-corrected chi connectivity index (χ0v) is 11.4. The Hall–Kier alpha value is -0.170. The summed E-state index contributed by atoms with van der Waals surface area (Å²) in [6.07, 6.45) is 0. The Morgan fingerprint density at radius 2 is 1.79 bits per heavy atom. The van der Waals surface area contributed by atoms with Gasteiger partial charge in [0.05, 0.1) is 20.1 Å². The maximum absolute atomic E-state index is 11.0. The second kappa shape index (κ2) is 7.17. The van der Waals surface area contributed by atoms with Crippen LogP contribution in [-0.4, -0.2) is 47.9 Å². The third kappa shape index (κ3) is 4.90. The molecule has 0 unspecified atom stereocenters. The van der Waals surface area contributed by atoms with Crippen molar-refractivity contribution >= 4 is 11.5 Å². The van der Waals surface area contributed by atoms with Crippen molar-refractivity contribution in [2.24, 2.45) is 5.16 Å². The van der Waals surface area contributed by atoms with Gasteiger partial charge in [-0.25, -0.2) is 0 Å². The number of hydrogen-bond acceptors (Lipinski definition) is 3. The minimum Gasteiger partial charge on any atom is -1.00 e. The van der Waals surface area contributed by atoms with Crippen LogP contribution < -0.4 is 24.0 Å². The molecule has 0 bridgehead atoms. The third-order valence-corrected chi connectivity index (χ3v) is 2.59. The largest absolute Gasteiger partial charge is 1.00 e. The molecule has 0 aliphatic carbocycles.